The number of hydrogen-bond acceptors (Lipinski definition) is 3. The van der Waals surface area contributed by atoms with Crippen molar-refractivity contribution in [2.75, 3.05) is 23.7 Å². The molecular weight excluding hydrogens is 344 g/mol. The Morgan fingerprint density at radius 3 is 2.29 bits per heavy atom. The van der Waals surface area contributed by atoms with Crippen LogP contribution in [0.1, 0.15) is 0 Å². The molecule has 6 heteroatoms. The van der Waals surface area contributed by atoms with E-state index in [0.29, 0.717) is 16.1 Å². The van der Waals surface area contributed by atoms with Gasteiger partial charge in [0, 0.05) is 35.6 Å². The Hall–Kier alpha value is -2.24. The van der Waals surface area contributed by atoms with Gasteiger partial charge in [0.2, 0.25) is 0 Å². The molecular formula is C18H17ClN2O2S. The molecule has 0 atom stereocenters. The van der Waals surface area contributed by atoms with Crippen molar-refractivity contribution in [3.05, 3.63) is 65.7 Å². The maximum Gasteiger partial charge on any atom is 0.262 e. The minimum absolute atomic E-state index is 0.240. The minimum Gasteiger partial charge on any atom is -0.377 e. The Balaban J connectivity index is 2.13. The lowest BCUT2D eigenvalue weighted by Gasteiger charge is -2.17. The van der Waals surface area contributed by atoms with Crippen LogP contribution in [0.15, 0.2) is 65.6 Å². The van der Waals surface area contributed by atoms with Crippen molar-refractivity contribution < 1.29 is 8.42 Å². The van der Waals surface area contributed by atoms with E-state index in [0.717, 1.165) is 11.1 Å². The second-order valence-corrected chi connectivity index (χ2v) is 7.73. The van der Waals surface area contributed by atoms with Crippen molar-refractivity contribution in [1.82, 2.24) is 0 Å². The molecule has 3 aromatic rings. The maximum absolute atomic E-state index is 12.8. The van der Waals surface area contributed by atoms with Crippen LogP contribution in [0.3, 0.4) is 0 Å². The summed E-state index contributed by atoms with van der Waals surface area (Å²) in [5.41, 5.74) is 1.40. The number of fused-ring (bicyclic) bond motifs is 1. The molecule has 0 aromatic heterocycles. The highest BCUT2D eigenvalue weighted by atomic mass is 35.5. The first-order chi connectivity index (χ1) is 11.4. The Morgan fingerprint density at radius 2 is 1.58 bits per heavy atom. The summed E-state index contributed by atoms with van der Waals surface area (Å²) in [5.74, 6) is 0. The van der Waals surface area contributed by atoms with Crippen LogP contribution in [0.2, 0.25) is 5.02 Å². The lowest BCUT2D eigenvalue weighted by Crippen LogP contribution is -2.14. The van der Waals surface area contributed by atoms with Crippen molar-refractivity contribution in [3.63, 3.8) is 0 Å². The first-order valence-corrected chi connectivity index (χ1v) is 9.22. The molecule has 4 nitrogen and oxygen atoms in total. The van der Waals surface area contributed by atoms with Gasteiger partial charge in [0.25, 0.3) is 10.0 Å². The largest absolute Gasteiger partial charge is 0.377 e. The Labute approximate surface area is 146 Å². The predicted octanol–water partition coefficient (Wildman–Crippen LogP) is 4.36. The van der Waals surface area contributed by atoms with Crippen LogP contribution in [0, 0.1) is 0 Å². The fourth-order valence-corrected chi connectivity index (χ4v) is 4.11. The van der Waals surface area contributed by atoms with E-state index in [-0.39, 0.29) is 4.90 Å². The Bertz CT molecular complexity index is 1000. The topological polar surface area (TPSA) is 49.4 Å². The zero-order valence-corrected chi connectivity index (χ0v) is 14.9. The normalized spacial score (nSPS) is 11.5. The molecule has 0 fully saturated rings. The Kier molecular flexibility index (Phi) is 4.39. The molecule has 3 aromatic carbocycles. The van der Waals surface area contributed by atoms with E-state index in [1.165, 1.54) is 0 Å². The molecule has 0 heterocycles. The number of anilines is 2. The molecule has 0 unspecified atom stereocenters. The van der Waals surface area contributed by atoms with E-state index in [2.05, 4.69) is 4.72 Å². The highest BCUT2D eigenvalue weighted by molar-refractivity contribution is 7.93. The van der Waals surface area contributed by atoms with Gasteiger partial charge in [0.1, 0.15) is 0 Å². The fourth-order valence-electron chi connectivity index (χ4n) is 2.65. The lowest BCUT2D eigenvalue weighted by atomic mass is 10.1. The molecule has 3 rings (SSSR count). The van der Waals surface area contributed by atoms with Gasteiger partial charge in [-0.25, -0.2) is 8.42 Å². The van der Waals surface area contributed by atoms with Gasteiger partial charge in [-0.15, -0.1) is 0 Å². The third-order valence-corrected chi connectivity index (χ3v) is 5.38. The summed E-state index contributed by atoms with van der Waals surface area (Å²) >= 11 is 5.93. The van der Waals surface area contributed by atoms with Crippen molar-refractivity contribution >= 4 is 43.8 Å². The smallest absolute Gasteiger partial charge is 0.262 e. The van der Waals surface area contributed by atoms with Crippen LogP contribution >= 0.6 is 11.6 Å². The van der Waals surface area contributed by atoms with E-state index in [1.54, 1.807) is 36.4 Å². The van der Waals surface area contributed by atoms with Gasteiger partial charge in [-0.1, -0.05) is 41.9 Å². The molecule has 0 amide bonds. The monoisotopic (exact) mass is 360 g/mol. The second-order valence-electron chi connectivity index (χ2n) is 5.64. The summed E-state index contributed by atoms with van der Waals surface area (Å²) in [6.07, 6.45) is 0. The van der Waals surface area contributed by atoms with Gasteiger partial charge in [0.05, 0.1) is 10.6 Å². The van der Waals surface area contributed by atoms with Crippen molar-refractivity contribution in [1.29, 1.82) is 0 Å². The Morgan fingerprint density at radius 1 is 0.917 bits per heavy atom. The minimum atomic E-state index is -3.73. The molecule has 1 N–H and O–H groups in total. The van der Waals surface area contributed by atoms with E-state index < -0.39 is 10.0 Å². The number of halogens is 1. The third-order valence-electron chi connectivity index (χ3n) is 3.71. The second kappa shape index (κ2) is 6.34. The lowest BCUT2D eigenvalue weighted by molar-refractivity contribution is 0.602. The van der Waals surface area contributed by atoms with E-state index in [4.69, 9.17) is 11.6 Å². The standard InChI is InChI=1S/C18H17ClN2O2S/c1-21(2)17-10-4-9-16-15(17)8-5-11-18(16)24(22,23)20-14-7-3-6-13(19)12-14/h3-12,20H,1-2H3. The number of hydrogen-bond donors (Lipinski definition) is 1. The van der Waals surface area contributed by atoms with Crippen LogP contribution in [-0.2, 0) is 10.0 Å². The number of nitrogens with zero attached hydrogens (tertiary/aromatic N) is 1. The number of rotatable bonds is 4. The highest BCUT2D eigenvalue weighted by Gasteiger charge is 2.18. The van der Waals surface area contributed by atoms with Crippen LogP contribution in [0.25, 0.3) is 10.8 Å². The van der Waals surface area contributed by atoms with Gasteiger partial charge in [0.15, 0.2) is 0 Å². The molecule has 0 aliphatic heterocycles. The quantitative estimate of drug-likeness (QED) is 0.752. The molecule has 0 aliphatic rings. The van der Waals surface area contributed by atoms with E-state index >= 15 is 0 Å². The predicted molar refractivity (Wildman–Crippen MR) is 101 cm³/mol. The third kappa shape index (κ3) is 3.18. The number of benzene rings is 3. The average Bonchev–Trinajstić information content (AvgIpc) is 2.53. The molecule has 24 heavy (non-hydrogen) atoms. The molecule has 0 aliphatic carbocycles. The molecule has 0 saturated carbocycles. The van der Waals surface area contributed by atoms with Crippen molar-refractivity contribution in [2.24, 2.45) is 0 Å². The van der Waals surface area contributed by atoms with Crippen LogP contribution in [0.4, 0.5) is 11.4 Å². The van der Waals surface area contributed by atoms with Crippen LogP contribution in [0.5, 0.6) is 0 Å². The SMILES string of the molecule is CN(C)c1cccc2c(S(=O)(=O)Nc3cccc(Cl)c3)cccc12. The van der Waals surface area contributed by atoms with E-state index in [9.17, 15) is 8.42 Å². The van der Waals surface area contributed by atoms with Gasteiger partial charge in [-0.3, -0.25) is 4.72 Å². The highest BCUT2D eigenvalue weighted by Crippen LogP contribution is 2.31. The zero-order valence-electron chi connectivity index (χ0n) is 13.3. The fraction of sp³-hybridized carbons (Fsp3) is 0.111. The maximum atomic E-state index is 12.8. The summed E-state index contributed by atoms with van der Waals surface area (Å²) in [6, 6.07) is 17.6. The summed E-state index contributed by atoms with van der Waals surface area (Å²) in [5, 5.41) is 2.04. The zero-order chi connectivity index (χ0) is 17.3. The van der Waals surface area contributed by atoms with Crippen molar-refractivity contribution in [3.8, 4) is 0 Å². The van der Waals surface area contributed by atoms with Gasteiger partial charge in [-0.2, -0.15) is 0 Å². The summed E-state index contributed by atoms with van der Waals surface area (Å²) in [4.78, 5) is 2.20. The van der Waals surface area contributed by atoms with Crippen LogP contribution in [-0.4, -0.2) is 22.5 Å². The number of nitrogens with one attached hydrogen (secondary N) is 1. The van der Waals surface area contributed by atoms with E-state index in [1.807, 2.05) is 43.3 Å². The summed E-state index contributed by atoms with van der Waals surface area (Å²) in [7, 11) is 0.135. The molecule has 124 valence electrons. The first-order valence-electron chi connectivity index (χ1n) is 7.36. The van der Waals surface area contributed by atoms with Crippen molar-refractivity contribution in [2.45, 2.75) is 4.90 Å². The summed E-state index contributed by atoms with van der Waals surface area (Å²) < 4.78 is 28.3. The molecule has 0 radical (unpaired) electrons. The van der Waals surface area contributed by atoms with Gasteiger partial charge < -0.3 is 4.90 Å². The summed E-state index contributed by atoms with van der Waals surface area (Å²) in [6.45, 7) is 0. The number of sulfonamides is 1. The molecule has 0 spiro atoms. The molecule has 0 bridgehead atoms. The average molecular weight is 361 g/mol. The molecule has 0 saturated heterocycles. The van der Waals surface area contributed by atoms with Crippen LogP contribution < -0.4 is 9.62 Å². The van der Waals surface area contributed by atoms with Gasteiger partial charge in [-0.05, 0) is 30.3 Å². The first kappa shape index (κ1) is 16.6. The van der Waals surface area contributed by atoms with Gasteiger partial charge >= 0.3 is 0 Å².